The lowest BCUT2D eigenvalue weighted by molar-refractivity contribution is 0.305. The smallest absolute Gasteiger partial charge is 0.180 e. The third-order valence-electron chi connectivity index (χ3n) is 2.77. The van der Waals surface area contributed by atoms with Crippen molar-refractivity contribution in [2.24, 2.45) is 0 Å². The average molecular weight is 282 g/mol. The highest BCUT2D eigenvalue weighted by atomic mass is 32.1. The molecule has 0 radical (unpaired) electrons. The van der Waals surface area contributed by atoms with E-state index in [0.29, 0.717) is 6.61 Å². The van der Waals surface area contributed by atoms with Gasteiger partial charge in [0.25, 0.3) is 0 Å². The molecule has 3 heteroatoms. The monoisotopic (exact) mass is 282 g/mol. The Morgan fingerprint density at radius 2 is 1.65 bits per heavy atom. The van der Waals surface area contributed by atoms with E-state index in [4.69, 9.17) is 9.47 Å². The van der Waals surface area contributed by atoms with E-state index < -0.39 is 0 Å². The largest absolute Gasteiger partial charge is 0.489 e. The molecule has 2 aromatic carbocycles. The molecule has 3 aromatic rings. The molecule has 0 saturated carbocycles. The maximum absolute atomic E-state index is 5.78. The van der Waals surface area contributed by atoms with Gasteiger partial charge in [-0.05, 0) is 35.2 Å². The first kappa shape index (κ1) is 12.8. The first-order chi connectivity index (χ1) is 9.90. The van der Waals surface area contributed by atoms with Gasteiger partial charge in [0.05, 0.1) is 0 Å². The van der Waals surface area contributed by atoms with Gasteiger partial charge in [0.2, 0.25) is 0 Å². The van der Waals surface area contributed by atoms with Gasteiger partial charge in [0.1, 0.15) is 18.1 Å². The molecule has 0 fully saturated rings. The summed E-state index contributed by atoms with van der Waals surface area (Å²) in [5.41, 5.74) is 1.15. The molecule has 0 atom stereocenters. The number of benzene rings is 2. The normalized spacial score (nSPS) is 10.2. The quantitative estimate of drug-likeness (QED) is 0.646. The van der Waals surface area contributed by atoms with Crippen molar-refractivity contribution in [3.8, 4) is 16.6 Å². The van der Waals surface area contributed by atoms with Gasteiger partial charge < -0.3 is 9.47 Å². The van der Waals surface area contributed by atoms with E-state index in [-0.39, 0.29) is 0 Å². The fraction of sp³-hybridized carbons (Fsp3) is 0.0588. The summed E-state index contributed by atoms with van der Waals surface area (Å²) in [5, 5.41) is 2.87. The van der Waals surface area contributed by atoms with Gasteiger partial charge in [-0.2, -0.15) is 0 Å². The van der Waals surface area contributed by atoms with Crippen LogP contribution < -0.4 is 9.47 Å². The molecule has 3 rings (SSSR count). The Kier molecular flexibility index (Phi) is 3.99. The summed E-state index contributed by atoms with van der Waals surface area (Å²) in [6.07, 6.45) is 0. The van der Waals surface area contributed by atoms with Gasteiger partial charge >= 0.3 is 0 Å². The minimum atomic E-state index is 0.559. The highest BCUT2D eigenvalue weighted by Gasteiger charge is 2.01. The first-order valence-electron chi connectivity index (χ1n) is 6.38. The van der Waals surface area contributed by atoms with Crippen LogP contribution in [-0.2, 0) is 6.61 Å². The fourth-order valence-electron chi connectivity index (χ4n) is 1.81. The number of rotatable bonds is 5. The maximum Gasteiger partial charge on any atom is 0.180 e. The SMILES string of the molecule is c1ccc(COc2cccc(Oc3cccs3)c2)cc1. The Morgan fingerprint density at radius 3 is 2.45 bits per heavy atom. The van der Waals surface area contributed by atoms with E-state index in [2.05, 4.69) is 0 Å². The predicted octanol–water partition coefficient (Wildman–Crippen LogP) is 5.12. The van der Waals surface area contributed by atoms with E-state index in [1.165, 1.54) is 0 Å². The highest BCUT2D eigenvalue weighted by molar-refractivity contribution is 7.11. The van der Waals surface area contributed by atoms with Crippen molar-refractivity contribution < 1.29 is 9.47 Å². The Hall–Kier alpha value is -2.26. The molecule has 0 amide bonds. The molecule has 100 valence electrons. The van der Waals surface area contributed by atoms with Crippen LogP contribution in [0.15, 0.2) is 72.1 Å². The Labute approximate surface area is 122 Å². The molecule has 0 aliphatic rings. The summed E-state index contributed by atoms with van der Waals surface area (Å²) < 4.78 is 11.5. The molecule has 0 saturated heterocycles. The lowest BCUT2D eigenvalue weighted by Crippen LogP contribution is -1.95. The van der Waals surface area contributed by atoms with E-state index >= 15 is 0 Å². The zero-order chi connectivity index (χ0) is 13.6. The molecular formula is C17H14O2S. The van der Waals surface area contributed by atoms with Crippen LogP contribution in [-0.4, -0.2) is 0 Å². The van der Waals surface area contributed by atoms with E-state index in [0.717, 1.165) is 22.1 Å². The second kappa shape index (κ2) is 6.26. The molecule has 0 unspecified atom stereocenters. The first-order valence-corrected chi connectivity index (χ1v) is 7.26. The zero-order valence-corrected chi connectivity index (χ0v) is 11.7. The average Bonchev–Trinajstić information content (AvgIpc) is 3.00. The van der Waals surface area contributed by atoms with Crippen LogP contribution in [0.4, 0.5) is 0 Å². The van der Waals surface area contributed by atoms with Gasteiger partial charge in [0, 0.05) is 6.07 Å². The molecule has 20 heavy (non-hydrogen) atoms. The molecule has 0 aliphatic carbocycles. The molecule has 0 bridgehead atoms. The van der Waals surface area contributed by atoms with Gasteiger partial charge in [-0.1, -0.05) is 36.4 Å². The molecule has 1 heterocycles. The molecule has 0 spiro atoms. The van der Waals surface area contributed by atoms with Crippen LogP contribution in [0.25, 0.3) is 0 Å². The van der Waals surface area contributed by atoms with Crippen molar-refractivity contribution in [1.29, 1.82) is 0 Å². The van der Waals surface area contributed by atoms with Gasteiger partial charge in [-0.3, -0.25) is 0 Å². The summed E-state index contributed by atoms with van der Waals surface area (Å²) in [6.45, 7) is 0.559. The third kappa shape index (κ3) is 3.39. The van der Waals surface area contributed by atoms with E-state index in [9.17, 15) is 0 Å². The Balaban J connectivity index is 1.65. The number of hydrogen-bond acceptors (Lipinski definition) is 3. The van der Waals surface area contributed by atoms with Crippen molar-refractivity contribution in [3.63, 3.8) is 0 Å². The summed E-state index contributed by atoms with van der Waals surface area (Å²) in [5.74, 6) is 1.60. The van der Waals surface area contributed by atoms with E-state index in [1.54, 1.807) is 11.3 Å². The van der Waals surface area contributed by atoms with Crippen molar-refractivity contribution in [1.82, 2.24) is 0 Å². The third-order valence-corrected chi connectivity index (χ3v) is 3.51. The number of hydrogen-bond donors (Lipinski definition) is 0. The number of thiophene rings is 1. The summed E-state index contributed by atoms with van der Waals surface area (Å²) in [6, 6.07) is 21.7. The van der Waals surface area contributed by atoms with Crippen molar-refractivity contribution in [2.75, 3.05) is 0 Å². The molecule has 0 aliphatic heterocycles. The standard InChI is InChI=1S/C17H14O2S/c1-2-6-14(7-3-1)13-18-15-8-4-9-16(12-15)19-17-10-5-11-20-17/h1-12H,13H2. The lowest BCUT2D eigenvalue weighted by atomic mass is 10.2. The van der Waals surface area contributed by atoms with Gasteiger partial charge in [0.15, 0.2) is 5.06 Å². The van der Waals surface area contributed by atoms with Crippen LogP contribution >= 0.6 is 11.3 Å². The molecule has 1 aromatic heterocycles. The van der Waals surface area contributed by atoms with Crippen molar-refractivity contribution >= 4 is 11.3 Å². The topological polar surface area (TPSA) is 18.5 Å². The maximum atomic E-state index is 5.78. The minimum Gasteiger partial charge on any atom is -0.489 e. The van der Waals surface area contributed by atoms with Crippen LogP contribution in [0.1, 0.15) is 5.56 Å². The summed E-state index contributed by atoms with van der Waals surface area (Å²) in [4.78, 5) is 0. The second-order valence-corrected chi connectivity index (χ2v) is 5.19. The number of ether oxygens (including phenoxy) is 2. The molecule has 0 N–H and O–H groups in total. The fourth-order valence-corrected chi connectivity index (χ4v) is 2.40. The molecule has 2 nitrogen and oxygen atoms in total. The van der Waals surface area contributed by atoms with Crippen molar-refractivity contribution in [3.05, 3.63) is 77.7 Å². The zero-order valence-electron chi connectivity index (χ0n) is 10.9. The van der Waals surface area contributed by atoms with Gasteiger partial charge in [-0.15, -0.1) is 11.3 Å². The summed E-state index contributed by atoms with van der Waals surface area (Å²) in [7, 11) is 0. The predicted molar refractivity (Wildman–Crippen MR) is 81.6 cm³/mol. The Bertz CT molecular complexity index is 648. The van der Waals surface area contributed by atoms with Crippen molar-refractivity contribution in [2.45, 2.75) is 6.61 Å². The van der Waals surface area contributed by atoms with Crippen LogP contribution in [0.5, 0.6) is 16.6 Å². The van der Waals surface area contributed by atoms with Crippen LogP contribution in [0, 0.1) is 0 Å². The Morgan fingerprint density at radius 1 is 0.800 bits per heavy atom. The second-order valence-electron chi connectivity index (χ2n) is 4.28. The van der Waals surface area contributed by atoms with E-state index in [1.807, 2.05) is 72.1 Å². The summed E-state index contributed by atoms with van der Waals surface area (Å²) >= 11 is 1.57. The lowest BCUT2D eigenvalue weighted by Gasteiger charge is -2.08. The van der Waals surface area contributed by atoms with Gasteiger partial charge in [-0.25, -0.2) is 0 Å². The highest BCUT2D eigenvalue weighted by Crippen LogP contribution is 2.28. The minimum absolute atomic E-state index is 0.559. The molecular weight excluding hydrogens is 268 g/mol. The van der Waals surface area contributed by atoms with Crippen LogP contribution in [0.3, 0.4) is 0 Å². The van der Waals surface area contributed by atoms with Crippen LogP contribution in [0.2, 0.25) is 0 Å².